The van der Waals surface area contributed by atoms with E-state index >= 15 is 0 Å². The number of nitrogens with zero attached hydrogens (tertiary/aromatic N) is 2. The first-order valence-electron chi connectivity index (χ1n) is 8.74. The third-order valence-corrected chi connectivity index (χ3v) is 5.39. The van der Waals surface area contributed by atoms with E-state index in [2.05, 4.69) is 4.98 Å². The summed E-state index contributed by atoms with van der Waals surface area (Å²) in [6.45, 7) is 3.62. The van der Waals surface area contributed by atoms with Crippen molar-refractivity contribution >= 4 is 23.6 Å². The lowest BCUT2D eigenvalue weighted by Crippen LogP contribution is -2.35. The van der Waals surface area contributed by atoms with E-state index in [9.17, 15) is 28.2 Å². The largest absolute Gasteiger partial charge is 0.504 e. The molecule has 3 rings (SSSR count). The summed E-state index contributed by atoms with van der Waals surface area (Å²) in [7, 11) is 0. The number of aromatic hydroxyl groups is 2. The first-order chi connectivity index (χ1) is 13.5. The summed E-state index contributed by atoms with van der Waals surface area (Å²) in [5, 5.41) is 19.9. The second-order valence-electron chi connectivity index (χ2n) is 6.81. The molecule has 0 fully saturated rings. The second kappa shape index (κ2) is 7.59. The minimum absolute atomic E-state index is 0.0807. The van der Waals surface area contributed by atoms with Crippen molar-refractivity contribution < 1.29 is 28.2 Å². The van der Waals surface area contributed by atoms with E-state index in [-0.39, 0.29) is 34.7 Å². The molecule has 1 aliphatic rings. The molecule has 2 aromatic rings. The zero-order valence-corrected chi connectivity index (χ0v) is 16.4. The quantitative estimate of drug-likeness (QED) is 0.552. The Morgan fingerprint density at radius 2 is 1.90 bits per heavy atom. The maximum atomic E-state index is 12.7. The lowest BCUT2D eigenvalue weighted by atomic mass is 9.94. The number of fused-ring (bicyclic) bond motifs is 1. The van der Waals surface area contributed by atoms with Crippen LogP contribution in [0.2, 0.25) is 5.02 Å². The van der Waals surface area contributed by atoms with E-state index in [1.807, 2.05) is 0 Å². The van der Waals surface area contributed by atoms with Crippen molar-refractivity contribution in [3.05, 3.63) is 56.9 Å². The number of pyridine rings is 1. The van der Waals surface area contributed by atoms with Crippen LogP contribution in [0.5, 0.6) is 11.5 Å². The molecule has 0 radical (unpaired) electrons. The molecule has 1 aromatic heterocycles. The summed E-state index contributed by atoms with van der Waals surface area (Å²) < 4.78 is 38.1. The number of carbonyl (C=O) groups is 1. The SMILES string of the molecule is Cc1nc(C(F)(F)F)ccc1/C=C/C(=O)N1CCc2c(Cl)c(O)c(O)c(C)c2C1. The fourth-order valence-corrected chi connectivity index (χ4v) is 3.58. The number of rotatable bonds is 2. The van der Waals surface area contributed by atoms with Crippen LogP contribution in [0, 0.1) is 13.8 Å². The molecule has 0 atom stereocenters. The number of hydrogen-bond acceptors (Lipinski definition) is 4. The molecular formula is C20H18ClF3N2O3. The molecule has 9 heteroatoms. The number of phenolic OH excluding ortho intramolecular Hbond substituents is 2. The van der Waals surface area contributed by atoms with E-state index in [1.54, 1.807) is 6.92 Å². The number of halogens is 4. The summed E-state index contributed by atoms with van der Waals surface area (Å²) in [6.07, 6.45) is -1.42. The molecule has 2 heterocycles. The van der Waals surface area contributed by atoms with Gasteiger partial charge in [0.05, 0.1) is 5.02 Å². The summed E-state index contributed by atoms with van der Waals surface area (Å²) >= 11 is 6.10. The standard InChI is InChI=1S/C20H18ClF3N2O3/c1-10-14-9-26(8-7-13(14)17(21)19(29)18(10)28)16(27)6-4-12-3-5-15(20(22,23)24)25-11(12)2/h3-6,28-29H,7-9H2,1-2H3/b6-4+. The zero-order chi connectivity index (χ0) is 21.5. The van der Waals surface area contributed by atoms with Crippen LogP contribution in [-0.2, 0) is 23.9 Å². The van der Waals surface area contributed by atoms with Crippen LogP contribution < -0.4 is 0 Å². The van der Waals surface area contributed by atoms with Crippen LogP contribution in [0.1, 0.15) is 33.6 Å². The van der Waals surface area contributed by atoms with Gasteiger partial charge in [0.1, 0.15) is 5.69 Å². The third-order valence-electron chi connectivity index (χ3n) is 4.98. The predicted octanol–water partition coefficient (Wildman–Crippen LogP) is 4.38. The molecule has 154 valence electrons. The molecule has 0 saturated carbocycles. The van der Waals surface area contributed by atoms with Gasteiger partial charge in [-0.3, -0.25) is 4.79 Å². The van der Waals surface area contributed by atoms with Crippen LogP contribution in [0.25, 0.3) is 6.08 Å². The van der Waals surface area contributed by atoms with Crippen LogP contribution in [0.15, 0.2) is 18.2 Å². The maximum absolute atomic E-state index is 12.7. The van der Waals surface area contributed by atoms with Crippen molar-refractivity contribution in [1.29, 1.82) is 0 Å². The van der Waals surface area contributed by atoms with Crippen LogP contribution >= 0.6 is 11.6 Å². The van der Waals surface area contributed by atoms with Crippen molar-refractivity contribution in [1.82, 2.24) is 9.88 Å². The molecule has 1 aromatic carbocycles. The number of alkyl halides is 3. The maximum Gasteiger partial charge on any atom is 0.433 e. The highest BCUT2D eigenvalue weighted by molar-refractivity contribution is 6.33. The van der Waals surface area contributed by atoms with Gasteiger partial charge in [-0.25, -0.2) is 4.98 Å². The number of aryl methyl sites for hydroxylation is 1. The number of phenols is 2. The van der Waals surface area contributed by atoms with E-state index in [0.717, 1.165) is 6.07 Å². The molecular weight excluding hydrogens is 409 g/mol. The normalized spacial score (nSPS) is 14.3. The van der Waals surface area contributed by atoms with Gasteiger partial charge in [-0.05, 0) is 49.1 Å². The van der Waals surface area contributed by atoms with Gasteiger partial charge in [0, 0.05) is 30.4 Å². The molecule has 1 amide bonds. The summed E-state index contributed by atoms with van der Waals surface area (Å²) in [6, 6.07) is 2.14. The van der Waals surface area contributed by atoms with Crippen molar-refractivity contribution in [3.63, 3.8) is 0 Å². The minimum atomic E-state index is -4.52. The number of hydrogen-bond donors (Lipinski definition) is 2. The van der Waals surface area contributed by atoms with E-state index in [1.165, 1.54) is 30.0 Å². The molecule has 0 bridgehead atoms. The topological polar surface area (TPSA) is 73.7 Å². The van der Waals surface area contributed by atoms with Crippen LogP contribution in [-0.4, -0.2) is 32.5 Å². The average Bonchev–Trinajstić information content (AvgIpc) is 2.68. The van der Waals surface area contributed by atoms with Gasteiger partial charge in [0.25, 0.3) is 0 Å². The monoisotopic (exact) mass is 426 g/mol. The van der Waals surface area contributed by atoms with Crippen molar-refractivity contribution in [3.8, 4) is 11.5 Å². The van der Waals surface area contributed by atoms with Crippen molar-refractivity contribution in [2.45, 2.75) is 33.0 Å². The molecule has 0 spiro atoms. The highest BCUT2D eigenvalue weighted by Crippen LogP contribution is 2.43. The van der Waals surface area contributed by atoms with Gasteiger partial charge in [-0.15, -0.1) is 0 Å². The summed E-state index contributed by atoms with van der Waals surface area (Å²) in [5.41, 5.74) is 1.40. The van der Waals surface area contributed by atoms with Gasteiger partial charge in [-0.1, -0.05) is 17.7 Å². The molecule has 1 aliphatic heterocycles. The van der Waals surface area contributed by atoms with E-state index in [0.29, 0.717) is 35.2 Å². The molecule has 5 nitrogen and oxygen atoms in total. The number of carbonyl (C=O) groups excluding carboxylic acids is 1. The first kappa shape index (κ1) is 21.0. The second-order valence-corrected chi connectivity index (χ2v) is 7.18. The highest BCUT2D eigenvalue weighted by atomic mass is 35.5. The van der Waals surface area contributed by atoms with Crippen LogP contribution in [0.3, 0.4) is 0 Å². The Hall–Kier alpha value is -2.74. The molecule has 0 unspecified atom stereocenters. The summed E-state index contributed by atoms with van der Waals surface area (Å²) in [4.78, 5) is 17.6. The minimum Gasteiger partial charge on any atom is -0.504 e. The Morgan fingerprint density at radius 1 is 1.21 bits per heavy atom. The van der Waals surface area contributed by atoms with Gasteiger partial charge in [0.2, 0.25) is 5.91 Å². The van der Waals surface area contributed by atoms with Gasteiger partial charge in [0.15, 0.2) is 11.5 Å². The van der Waals surface area contributed by atoms with Crippen molar-refractivity contribution in [2.24, 2.45) is 0 Å². The number of amides is 1. The fourth-order valence-electron chi connectivity index (χ4n) is 3.28. The number of benzene rings is 1. The average molecular weight is 427 g/mol. The highest BCUT2D eigenvalue weighted by Gasteiger charge is 2.32. The third kappa shape index (κ3) is 4.03. The molecule has 0 saturated heterocycles. The molecule has 29 heavy (non-hydrogen) atoms. The van der Waals surface area contributed by atoms with Gasteiger partial charge >= 0.3 is 6.18 Å². The molecule has 0 aliphatic carbocycles. The Labute approximate surface area is 170 Å². The Kier molecular flexibility index (Phi) is 5.49. The lowest BCUT2D eigenvalue weighted by molar-refractivity contribution is -0.141. The summed E-state index contributed by atoms with van der Waals surface area (Å²) in [5.74, 6) is -1.02. The molecule has 2 N–H and O–H groups in total. The Bertz CT molecular complexity index is 1020. The predicted molar refractivity (Wildman–Crippen MR) is 102 cm³/mol. The Morgan fingerprint density at radius 3 is 2.52 bits per heavy atom. The first-order valence-corrected chi connectivity index (χ1v) is 9.12. The van der Waals surface area contributed by atoms with Gasteiger partial charge < -0.3 is 15.1 Å². The Balaban J connectivity index is 1.80. The van der Waals surface area contributed by atoms with Gasteiger partial charge in [-0.2, -0.15) is 13.2 Å². The van der Waals surface area contributed by atoms with Crippen molar-refractivity contribution in [2.75, 3.05) is 6.54 Å². The van der Waals surface area contributed by atoms with E-state index < -0.39 is 11.9 Å². The zero-order valence-electron chi connectivity index (χ0n) is 15.6. The van der Waals surface area contributed by atoms with E-state index in [4.69, 9.17) is 11.6 Å². The smallest absolute Gasteiger partial charge is 0.433 e. The fraction of sp³-hybridized carbons (Fsp3) is 0.300. The lowest BCUT2D eigenvalue weighted by Gasteiger charge is -2.30. The number of aromatic nitrogens is 1. The van der Waals surface area contributed by atoms with Crippen LogP contribution in [0.4, 0.5) is 13.2 Å².